The molecular formula is C58H85N3O6. The van der Waals surface area contributed by atoms with Crippen molar-refractivity contribution >= 4 is 21.9 Å². The van der Waals surface area contributed by atoms with Crippen LogP contribution in [-0.2, 0) is 10.8 Å². The summed E-state index contributed by atoms with van der Waals surface area (Å²) >= 11 is 0. The molecule has 9 heteroatoms. The molecule has 2 heterocycles. The second-order valence-electron chi connectivity index (χ2n) is 25.2. The maximum atomic E-state index is 6.87. The zero-order chi connectivity index (χ0) is 48.6. The molecule has 7 rings (SSSR count). The molecule has 0 radical (unpaired) electrons. The van der Waals surface area contributed by atoms with Crippen LogP contribution >= 0.6 is 0 Å². The van der Waals surface area contributed by atoms with Crippen molar-refractivity contribution in [2.75, 3.05) is 13.2 Å². The summed E-state index contributed by atoms with van der Waals surface area (Å²) in [6.45, 7) is 34.9. The number of fused-ring (bicyclic) bond motifs is 2. The van der Waals surface area contributed by atoms with E-state index in [4.69, 9.17) is 27.8 Å². The summed E-state index contributed by atoms with van der Waals surface area (Å²) in [6.07, 6.45) is 8.25. The summed E-state index contributed by atoms with van der Waals surface area (Å²) < 4.78 is 38.9. The SMILES string of the molecule is CC(CNC(C)(C)CC[C@@](C)(CCC(C)(C)COc1cccc(OC2CC(NC(C)(C)C)C2)c1)c1cc2ccc(OC3CC(NC(C)(C)C)C3)cc2o1)Oc1ccc2cc(C(C)(C)C)oc2c1. The predicted molar refractivity (Wildman–Crippen MR) is 275 cm³/mol. The molecule has 0 spiro atoms. The Morgan fingerprint density at radius 3 is 1.66 bits per heavy atom. The van der Waals surface area contributed by atoms with Gasteiger partial charge >= 0.3 is 0 Å². The molecule has 3 N–H and O–H groups in total. The van der Waals surface area contributed by atoms with Crippen molar-refractivity contribution in [3.8, 4) is 23.0 Å². The Hall–Kier alpha value is -4.18. The molecule has 0 amide bonds. The van der Waals surface area contributed by atoms with Crippen LogP contribution in [0, 0.1) is 5.41 Å². The van der Waals surface area contributed by atoms with Crippen molar-refractivity contribution in [2.24, 2.45) is 5.41 Å². The third kappa shape index (κ3) is 14.4. The van der Waals surface area contributed by atoms with E-state index >= 15 is 0 Å². The molecular weight excluding hydrogens is 835 g/mol. The maximum Gasteiger partial charge on any atom is 0.137 e. The van der Waals surface area contributed by atoms with E-state index in [2.05, 4.69) is 156 Å². The van der Waals surface area contributed by atoms with Crippen LogP contribution in [0.25, 0.3) is 21.9 Å². The van der Waals surface area contributed by atoms with Gasteiger partial charge in [-0.15, -0.1) is 0 Å². The first kappa shape index (κ1) is 50.7. The zero-order valence-electron chi connectivity index (χ0n) is 43.8. The monoisotopic (exact) mass is 920 g/mol. The van der Waals surface area contributed by atoms with Gasteiger partial charge in [-0.3, -0.25) is 0 Å². The van der Waals surface area contributed by atoms with Gasteiger partial charge in [0, 0.05) is 75.0 Å². The summed E-state index contributed by atoms with van der Waals surface area (Å²) in [5.41, 5.74) is 1.41. The van der Waals surface area contributed by atoms with Crippen molar-refractivity contribution in [3.63, 3.8) is 0 Å². The molecule has 2 saturated carbocycles. The quantitative estimate of drug-likeness (QED) is 0.0664. The van der Waals surface area contributed by atoms with E-state index in [-0.39, 0.29) is 51.2 Å². The van der Waals surface area contributed by atoms with Crippen molar-refractivity contribution in [1.82, 2.24) is 16.0 Å². The average molecular weight is 920 g/mol. The Kier molecular flexibility index (Phi) is 14.9. The lowest BCUT2D eigenvalue weighted by atomic mass is 9.72. The fraction of sp³-hybridized carbons (Fsp3) is 0.621. The number of rotatable bonds is 21. The van der Waals surface area contributed by atoms with Gasteiger partial charge in [0.15, 0.2) is 0 Å². The Balaban J connectivity index is 0.990. The van der Waals surface area contributed by atoms with Crippen LogP contribution in [0.15, 0.2) is 81.6 Å². The number of furan rings is 2. The minimum absolute atomic E-state index is 0.0399. The molecule has 2 aliphatic carbocycles. The van der Waals surface area contributed by atoms with E-state index in [9.17, 15) is 0 Å². The lowest BCUT2D eigenvalue weighted by molar-refractivity contribution is 0.0727. The Morgan fingerprint density at radius 2 is 1.07 bits per heavy atom. The number of hydrogen-bond acceptors (Lipinski definition) is 9. The first-order valence-corrected chi connectivity index (χ1v) is 25.3. The number of hydrogen-bond donors (Lipinski definition) is 3. The van der Waals surface area contributed by atoms with Gasteiger partial charge in [-0.1, -0.05) is 47.6 Å². The second kappa shape index (κ2) is 19.7. The number of benzene rings is 3. The highest BCUT2D eigenvalue weighted by Crippen LogP contribution is 2.43. The third-order valence-electron chi connectivity index (χ3n) is 13.7. The van der Waals surface area contributed by atoms with E-state index < -0.39 is 0 Å². The van der Waals surface area contributed by atoms with Gasteiger partial charge in [-0.05, 0) is 168 Å². The first-order valence-electron chi connectivity index (χ1n) is 25.3. The average Bonchev–Trinajstić information content (AvgIpc) is 3.84. The molecule has 0 bridgehead atoms. The van der Waals surface area contributed by atoms with Gasteiger partial charge in [0.2, 0.25) is 0 Å². The zero-order valence-corrected chi connectivity index (χ0v) is 43.8. The van der Waals surface area contributed by atoms with Gasteiger partial charge in [-0.25, -0.2) is 0 Å². The van der Waals surface area contributed by atoms with Gasteiger partial charge < -0.3 is 43.7 Å². The van der Waals surface area contributed by atoms with E-state index in [0.29, 0.717) is 25.2 Å². The standard InChI is InChI=1S/C58H85N3O6/c1-38(63-45-21-19-39-27-51(53(2,3)4)66-49(39)34-45)36-59-57(13,14)24-26-58(15,52-28-40-20-22-46(35-50(40)67-52)65-48-31-42(32-48)61-55(8,9)10)25-23-56(11,12)37-62-43-17-16-18-44(33-43)64-47-29-41(30-47)60-54(5,6)7/h16-22,27-28,33-35,38,41-42,47-48,59-61H,23-26,29-32,36-37H2,1-15H3/t38?,41?,42?,47?,48?,58-/m1/s1. The van der Waals surface area contributed by atoms with E-state index in [1.54, 1.807) is 0 Å². The molecule has 67 heavy (non-hydrogen) atoms. The highest BCUT2D eigenvalue weighted by Gasteiger charge is 2.37. The van der Waals surface area contributed by atoms with Crippen molar-refractivity contribution in [1.29, 1.82) is 0 Å². The van der Waals surface area contributed by atoms with Gasteiger partial charge in [0.05, 0.1) is 6.61 Å². The van der Waals surface area contributed by atoms with Crippen LogP contribution in [0.1, 0.15) is 167 Å². The highest BCUT2D eigenvalue weighted by atomic mass is 16.5. The summed E-state index contributed by atoms with van der Waals surface area (Å²) in [5, 5.41) is 13.5. The van der Waals surface area contributed by atoms with Crippen molar-refractivity contribution in [3.05, 3.63) is 84.3 Å². The molecule has 2 atom stereocenters. The largest absolute Gasteiger partial charge is 0.493 e. The van der Waals surface area contributed by atoms with Gasteiger partial charge in [0.1, 0.15) is 64.0 Å². The molecule has 368 valence electrons. The molecule has 2 aromatic heterocycles. The fourth-order valence-corrected chi connectivity index (χ4v) is 9.35. The molecule has 0 aliphatic heterocycles. The summed E-state index contributed by atoms with van der Waals surface area (Å²) in [6, 6.07) is 26.1. The normalized spacial score (nSPS) is 20.8. The topological polar surface area (TPSA) is 99.3 Å². The van der Waals surface area contributed by atoms with Crippen LogP contribution in [0.3, 0.4) is 0 Å². The van der Waals surface area contributed by atoms with Crippen LogP contribution in [-0.4, -0.2) is 60.2 Å². The molecule has 5 aromatic rings. The van der Waals surface area contributed by atoms with Crippen molar-refractivity contribution < 1.29 is 27.8 Å². The first-order chi connectivity index (χ1) is 31.2. The Morgan fingerprint density at radius 1 is 0.567 bits per heavy atom. The lowest BCUT2D eigenvalue weighted by Crippen LogP contribution is -2.53. The molecule has 1 unspecified atom stereocenters. The molecule has 3 aromatic carbocycles. The summed E-state index contributed by atoms with van der Waals surface area (Å²) in [7, 11) is 0. The molecule has 0 saturated heterocycles. The minimum atomic E-state index is -0.237. The third-order valence-corrected chi connectivity index (χ3v) is 13.7. The molecule has 2 fully saturated rings. The molecule has 2 aliphatic rings. The van der Waals surface area contributed by atoms with Gasteiger partial charge in [0.25, 0.3) is 0 Å². The van der Waals surface area contributed by atoms with E-state index in [0.717, 1.165) is 108 Å². The smallest absolute Gasteiger partial charge is 0.137 e. The highest BCUT2D eigenvalue weighted by molar-refractivity contribution is 5.80. The Bertz CT molecular complexity index is 2400. The fourth-order valence-electron chi connectivity index (χ4n) is 9.35. The van der Waals surface area contributed by atoms with E-state index in [1.807, 2.05) is 36.4 Å². The van der Waals surface area contributed by atoms with Crippen LogP contribution in [0.5, 0.6) is 23.0 Å². The van der Waals surface area contributed by atoms with Crippen molar-refractivity contribution in [2.45, 2.75) is 213 Å². The van der Waals surface area contributed by atoms with Crippen LogP contribution < -0.4 is 34.9 Å². The number of ether oxygens (including phenoxy) is 4. The van der Waals surface area contributed by atoms with Gasteiger partial charge in [-0.2, -0.15) is 0 Å². The molecule has 9 nitrogen and oxygen atoms in total. The Labute approximate surface area is 403 Å². The van der Waals surface area contributed by atoms with Crippen LogP contribution in [0.2, 0.25) is 0 Å². The van der Waals surface area contributed by atoms with E-state index in [1.165, 1.54) is 0 Å². The summed E-state index contributed by atoms with van der Waals surface area (Å²) in [5.74, 6) is 5.41. The minimum Gasteiger partial charge on any atom is -0.493 e. The predicted octanol–water partition coefficient (Wildman–Crippen LogP) is 13.8. The number of nitrogens with one attached hydrogen (secondary N) is 3. The lowest BCUT2D eigenvalue weighted by Gasteiger charge is -2.40. The second-order valence-corrected chi connectivity index (χ2v) is 25.2. The summed E-state index contributed by atoms with van der Waals surface area (Å²) in [4.78, 5) is 0. The maximum absolute atomic E-state index is 6.87. The van der Waals surface area contributed by atoms with Crippen LogP contribution in [0.4, 0.5) is 0 Å².